The Bertz CT molecular complexity index is 930. The Morgan fingerprint density at radius 1 is 1.25 bits per heavy atom. The predicted octanol–water partition coefficient (Wildman–Crippen LogP) is 2.45. The van der Waals surface area contributed by atoms with Gasteiger partial charge in [0.15, 0.2) is 5.84 Å². The van der Waals surface area contributed by atoms with E-state index in [1.807, 2.05) is 11.0 Å². The molecule has 6 nitrogen and oxygen atoms in total. The number of likely N-dealkylation sites (tertiary alicyclic amines) is 1. The van der Waals surface area contributed by atoms with Gasteiger partial charge in [0.1, 0.15) is 16.7 Å². The highest BCUT2D eigenvalue weighted by Gasteiger charge is 2.35. The molecule has 24 heavy (non-hydrogen) atoms. The number of rotatable bonds is 2. The van der Waals surface area contributed by atoms with Crippen molar-refractivity contribution in [3.8, 4) is 5.75 Å². The first-order valence-corrected chi connectivity index (χ1v) is 9.73. The maximum atomic E-state index is 12.2. The lowest BCUT2D eigenvalue weighted by Crippen LogP contribution is -2.30. The molecular formula is C16H14BrN3O3S. The number of pyridine rings is 1. The second-order valence-corrected chi connectivity index (χ2v) is 8.09. The fraction of sp³-hybridized carbons (Fsp3) is 0.250. The standard InChI is InChI=1S/C16H14BrN3O3S/c17-13-9-18-7-5-14(13)23-11-6-8-20(10-11)16-12-3-1-2-4-15(12)24(21,22)19-16/h1-5,7,9,11H,6,8,10H2. The van der Waals surface area contributed by atoms with Crippen molar-refractivity contribution in [2.45, 2.75) is 17.4 Å². The van der Waals surface area contributed by atoms with Crippen molar-refractivity contribution in [2.24, 2.45) is 4.40 Å². The minimum atomic E-state index is -3.59. The maximum absolute atomic E-state index is 12.2. The van der Waals surface area contributed by atoms with Crippen LogP contribution in [0.2, 0.25) is 0 Å². The molecule has 0 amide bonds. The molecule has 3 heterocycles. The molecule has 0 saturated carbocycles. The van der Waals surface area contributed by atoms with Crippen LogP contribution in [0.1, 0.15) is 12.0 Å². The van der Waals surface area contributed by atoms with E-state index in [-0.39, 0.29) is 11.0 Å². The predicted molar refractivity (Wildman–Crippen MR) is 92.7 cm³/mol. The van der Waals surface area contributed by atoms with E-state index >= 15 is 0 Å². The van der Waals surface area contributed by atoms with Gasteiger partial charge in [0.05, 0.1) is 11.0 Å². The molecule has 0 radical (unpaired) electrons. The van der Waals surface area contributed by atoms with Crippen LogP contribution in [-0.4, -0.2) is 43.3 Å². The van der Waals surface area contributed by atoms with E-state index in [2.05, 4.69) is 25.3 Å². The number of hydrogen-bond donors (Lipinski definition) is 0. The third-order valence-corrected chi connectivity index (χ3v) is 6.01. The minimum Gasteiger partial charge on any atom is -0.487 e. The largest absolute Gasteiger partial charge is 0.487 e. The number of ether oxygens (including phenoxy) is 1. The third kappa shape index (κ3) is 2.69. The molecule has 1 aromatic heterocycles. The molecule has 0 bridgehead atoms. The van der Waals surface area contributed by atoms with Gasteiger partial charge in [-0.3, -0.25) is 4.98 Å². The first kappa shape index (κ1) is 15.6. The zero-order valence-electron chi connectivity index (χ0n) is 12.6. The average Bonchev–Trinajstić information content (AvgIpc) is 3.13. The van der Waals surface area contributed by atoms with Gasteiger partial charge in [-0.25, -0.2) is 0 Å². The van der Waals surface area contributed by atoms with E-state index in [0.717, 1.165) is 16.6 Å². The van der Waals surface area contributed by atoms with Gasteiger partial charge in [0.25, 0.3) is 10.0 Å². The lowest BCUT2D eigenvalue weighted by Gasteiger charge is -2.19. The SMILES string of the molecule is O=S1(=O)N=C(N2CCC(Oc3ccncc3Br)C2)c2ccccc21. The Balaban J connectivity index is 1.55. The van der Waals surface area contributed by atoms with Crippen molar-refractivity contribution in [2.75, 3.05) is 13.1 Å². The molecular weight excluding hydrogens is 394 g/mol. The van der Waals surface area contributed by atoms with Gasteiger partial charge in [-0.15, -0.1) is 4.40 Å². The number of nitrogens with zero attached hydrogens (tertiary/aromatic N) is 3. The lowest BCUT2D eigenvalue weighted by atomic mass is 10.2. The van der Waals surface area contributed by atoms with Gasteiger partial charge in [0, 0.05) is 30.9 Å². The zero-order chi connectivity index (χ0) is 16.7. The summed E-state index contributed by atoms with van der Waals surface area (Å²) in [4.78, 5) is 6.27. The van der Waals surface area contributed by atoms with Crippen molar-refractivity contribution in [3.05, 3.63) is 52.8 Å². The van der Waals surface area contributed by atoms with E-state index < -0.39 is 10.0 Å². The first-order chi connectivity index (χ1) is 11.5. The van der Waals surface area contributed by atoms with Crippen molar-refractivity contribution >= 4 is 31.8 Å². The van der Waals surface area contributed by atoms with Crippen molar-refractivity contribution in [1.82, 2.24) is 9.88 Å². The normalized spacial score (nSPS) is 21.5. The summed E-state index contributed by atoms with van der Waals surface area (Å²) in [6, 6.07) is 8.74. The Kier molecular flexibility index (Phi) is 3.80. The zero-order valence-corrected chi connectivity index (χ0v) is 15.0. The van der Waals surface area contributed by atoms with E-state index in [0.29, 0.717) is 24.5 Å². The summed E-state index contributed by atoms with van der Waals surface area (Å²) in [5.41, 5.74) is 0.670. The van der Waals surface area contributed by atoms with Crippen LogP contribution in [0.15, 0.2) is 56.5 Å². The van der Waals surface area contributed by atoms with Crippen molar-refractivity contribution in [1.29, 1.82) is 0 Å². The molecule has 2 aliphatic rings. The van der Waals surface area contributed by atoms with Crippen LogP contribution in [0.4, 0.5) is 0 Å². The number of aromatic nitrogens is 1. The fourth-order valence-corrected chi connectivity index (χ4v) is 4.54. The number of amidine groups is 1. The topological polar surface area (TPSA) is 71.9 Å². The number of benzene rings is 1. The van der Waals surface area contributed by atoms with Crippen LogP contribution in [0.3, 0.4) is 0 Å². The average molecular weight is 408 g/mol. The van der Waals surface area contributed by atoms with Gasteiger partial charge in [-0.05, 0) is 34.1 Å². The highest BCUT2D eigenvalue weighted by atomic mass is 79.9. The second-order valence-electron chi connectivity index (χ2n) is 5.67. The van der Waals surface area contributed by atoms with Crippen LogP contribution in [0.25, 0.3) is 0 Å². The lowest BCUT2D eigenvalue weighted by molar-refractivity contribution is 0.213. The van der Waals surface area contributed by atoms with E-state index in [1.165, 1.54) is 0 Å². The number of fused-ring (bicyclic) bond motifs is 1. The Hall–Kier alpha value is -1.93. The number of halogens is 1. The summed E-state index contributed by atoms with van der Waals surface area (Å²) in [6.45, 7) is 1.30. The maximum Gasteiger partial charge on any atom is 0.285 e. The molecule has 1 atom stereocenters. The summed E-state index contributed by atoms with van der Waals surface area (Å²) in [7, 11) is -3.59. The van der Waals surface area contributed by atoms with Crippen LogP contribution < -0.4 is 4.74 Å². The minimum absolute atomic E-state index is 0.0260. The highest BCUT2D eigenvalue weighted by molar-refractivity contribution is 9.10. The van der Waals surface area contributed by atoms with Gasteiger partial charge in [-0.1, -0.05) is 12.1 Å². The second kappa shape index (κ2) is 5.86. The Morgan fingerprint density at radius 2 is 2.08 bits per heavy atom. The highest BCUT2D eigenvalue weighted by Crippen LogP contribution is 2.31. The van der Waals surface area contributed by atoms with Gasteiger partial charge in [0.2, 0.25) is 0 Å². The Labute approximate surface area is 148 Å². The molecule has 4 rings (SSSR count). The Morgan fingerprint density at radius 3 is 2.92 bits per heavy atom. The third-order valence-electron chi connectivity index (χ3n) is 4.09. The quantitative estimate of drug-likeness (QED) is 0.764. The summed E-state index contributed by atoms with van der Waals surface area (Å²) < 4.78 is 35.1. The summed E-state index contributed by atoms with van der Waals surface area (Å²) in [5, 5.41) is 0. The summed E-state index contributed by atoms with van der Waals surface area (Å²) >= 11 is 3.42. The molecule has 0 spiro atoms. The van der Waals surface area contributed by atoms with E-state index in [4.69, 9.17) is 4.74 Å². The monoisotopic (exact) mass is 407 g/mol. The van der Waals surface area contributed by atoms with E-state index in [9.17, 15) is 8.42 Å². The van der Waals surface area contributed by atoms with E-state index in [1.54, 1.807) is 36.7 Å². The first-order valence-electron chi connectivity index (χ1n) is 7.50. The van der Waals surface area contributed by atoms with Crippen LogP contribution in [-0.2, 0) is 10.0 Å². The van der Waals surface area contributed by atoms with Gasteiger partial charge in [-0.2, -0.15) is 8.42 Å². The molecule has 1 saturated heterocycles. The van der Waals surface area contributed by atoms with Crippen LogP contribution in [0.5, 0.6) is 5.75 Å². The smallest absolute Gasteiger partial charge is 0.285 e. The molecule has 0 N–H and O–H groups in total. The fourth-order valence-electron chi connectivity index (χ4n) is 2.97. The van der Waals surface area contributed by atoms with Gasteiger partial charge >= 0.3 is 0 Å². The number of hydrogen-bond acceptors (Lipinski definition) is 5. The van der Waals surface area contributed by atoms with Crippen molar-refractivity contribution in [3.63, 3.8) is 0 Å². The summed E-state index contributed by atoms with van der Waals surface area (Å²) in [5.74, 6) is 1.25. The molecule has 1 aromatic carbocycles. The molecule has 2 aromatic rings. The van der Waals surface area contributed by atoms with Gasteiger partial charge < -0.3 is 9.64 Å². The molecule has 2 aliphatic heterocycles. The number of sulfonamides is 1. The molecule has 8 heteroatoms. The molecule has 124 valence electrons. The van der Waals surface area contributed by atoms with Crippen LogP contribution in [0, 0.1) is 0 Å². The molecule has 1 fully saturated rings. The van der Waals surface area contributed by atoms with Crippen molar-refractivity contribution < 1.29 is 13.2 Å². The van der Waals surface area contributed by atoms with Crippen LogP contribution >= 0.6 is 15.9 Å². The molecule has 1 unspecified atom stereocenters. The molecule has 0 aliphatic carbocycles. The summed E-state index contributed by atoms with van der Waals surface area (Å²) in [6.07, 6.45) is 4.14.